The molecule has 1 aliphatic rings. The third-order valence-corrected chi connectivity index (χ3v) is 5.03. The van der Waals surface area contributed by atoms with E-state index in [1.54, 1.807) is 19.1 Å². The monoisotopic (exact) mass is 416 g/mol. The summed E-state index contributed by atoms with van der Waals surface area (Å²) in [6.07, 6.45) is 0.308. The zero-order valence-electron chi connectivity index (χ0n) is 17.4. The Bertz CT molecular complexity index is 841. The summed E-state index contributed by atoms with van der Waals surface area (Å²) in [5.41, 5.74) is 0.0753. The van der Waals surface area contributed by atoms with Crippen LogP contribution < -0.4 is 14.8 Å². The van der Waals surface area contributed by atoms with Gasteiger partial charge in [-0.3, -0.25) is 9.69 Å². The van der Waals surface area contributed by atoms with E-state index in [2.05, 4.69) is 10.2 Å². The minimum atomic E-state index is -1.02. The van der Waals surface area contributed by atoms with E-state index in [1.807, 2.05) is 24.3 Å². The second kappa shape index (κ2) is 9.91. The third kappa shape index (κ3) is 6.43. The SMILES string of the molecule is CC(=O)NCCCOc1ccc(CN2C[C@@H](Oc3cccc(F)c3)[C@](C)(O)C2)cc1. The van der Waals surface area contributed by atoms with Crippen LogP contribution in [-0.4, -0.2) is 53.9 Å². The van der Waals surface area contributed by atoms with Crippen molar-refractivity contribution >= 4 is 5.91 Å². The summed E-state index contributed by atoms with van der Waals surface area (Å²) in [7, 11) is 0. The molecule has 2 aromatic rings. The Morgan fingerprint density at radius 1 is 1.27 bits per heavy atom. The van der Waals surface area contributed by atoms with Crippen LogP contribution in [0.5, 0.6) is 11.5 Å². The van der Waals surface area contributed by atoms with Crippen molar-refractivity contribution in [2.24, 2.45) is 0 Å². The number of aliphatic hydroxyl groups is 1. The first kappa shape index (κ1) is 22.1. The van der Waals surface area contributed by atoms with Crippen LogP contribution in [0.25, 0.3) is 0 Å². The van der Waals surface area contributed by atoms with E-state index in [0.717, 1.165) is 17.7 Å². The smallest absolute Gasteiger partial charge is 0.216 e. The summed E-state index contributed by atoms with van der Waals surface area (Å²) in [5.74, 6) is 0.799. The molecular weight excluding hydrogens is 387 g/mol. The lowest BCUT2D eigenvalue weighted by molar-refractivity contribution is -0.118. The summed E-state index contributed by atoms with van der Waals surface area (Å²) >= 11 is 0. The fourth-order valence-electron chi connectivity index (χ4n) is 3.52. The van der Waals surface area contributed by atoms with Crippen molar-refractivity contribution in [2.45, 2.75) is 38.5 Å². The molecule has 1 amide bonds. The minimum absolute atomic E-state index is 0.0381. The molecule has 0 radical (unpaired) electrons. The van der Waals surface area contributed by atoms with Crippen molar-refractivity contribution in [3.8, 4) is 11.5 Å². The Kier molecular flexibility index (Phi) is 7.29. The van der Waals surface area contributed by atoms with Gasteiger partial charge in [-0.2, -0.15) is 0 Å². The van der Waals surface area contributed by atoms with Crippen LogP contribution in [0.3, 0.4) is 0 Å². The maximum absolute atomic E-state index is 13.4. The van der Waals surface area contributed by atoms with Gasteiger partial charge in [-0.05, 0) is 43.2 Å². The third-order valence-electron chi connectivity index (χ3n) is 5.03. The lowest BCUT2D eigenvalue weighted by atomic mass is 10.0. The normalized spacial score (nSPS) is 21.4. The van der Waals surface area contributed by atoms with Crippen LogP contribution in [0.2, 0.25) is 0 Å². The van der Waals surface area contributed by atoms with E-state index in [9.17, 15) is 14.3 Å². The number of carbonyl (C=O) groups is 1. The Labute approximate surface area is 176 Å². The van der Waals surface area contributed by atoms with E-state index in [0.29, 0.717) is 38.5 Å². The van der Waals surface area contributed by atoms with Crippen LogP contribution in [0.4, 0.5) is 4.39 Å². The quantitative estimate of drug-likeness (QED) is 0.615. The zero-order chi connectivity index (χ0) is 21.6. The van der Waals surface area contributed by atoms with Crippen LogP contribution in [-0.2, 0) is 11.3 Å². The molecule has 0 spiro atoms. The fraction of sp³-hybridized carbons (Fsp3) is 0.435. The molecule has 2 N–H and O–H groups in total. The molecule has 162 valence electrons. The number of ether oxygens (including phenoxy) is 2. The molecule has 0 aromatic heterocycles. The first-order valence-electron chi connectivity index (χ1n) is 10.1. The molecular formula is C23H29FN2O4. The second-order valence-electron chi connectivity index (χ2n) is 7.92. The van der Waals surface area contributed by atoms with Crippen LogP contribution in [0, 0.1) is 5.82 Å². The molecule has 2 atom stereocenters. The molecule has 3 rings (SSSR count). The van der Waals surface area contributed by atoms with Crippen LogP contribution >= 0.6 is 0 Å². The molecule has 7 heteroatoms. The number of amides is 1. The lowest BCUT2D eigenvalue weighted by Gasteiger charge is -2.25. The van der Waals surface area contributed by atoms with Crippen molar-refractivity contribution in [3.05, 3.63) is 59.9 Å². The van der Waals surface area contributed by atoms with E-state index in [1.165, 1.54) is 19.1 Å². The number of β-amino-alcohol motifs (C(OH)–C–C–N with tert-alkyl or cyclic N) is 1. The van der Waals surface area contributed by atoms with Crippen molar-refractivity contribution in [1.29, 1.82) is 0 Å². The molecule has 1 saturated heterocycles. The minimum Gasteiger partial charge on any atom is -0.494 e. The molecule has 0 saturated carbocycles. The van der Waals surface area contributed by atoms with Gasteiger partial charge in [0.2, 0.25) is 5.91 Å². The van der Waals surface area contributed by atoms with E-state index in [4.69, 9.17) is 9.47 Å². The molecule has 30 heavy (non-hydrogen) atoms. The van der Waals surface area contributed by atoms with Gasteiger partial charge in [-0.15, -0.1) is 0 Å². The second-order valence-corrected chi connectivity index (χ2v) is 7.92. The first-order chi connectivity index (χ1) is 14.3. The zero-order valence-corrected chi connectivity index (χ0v) is 17.4. The standard InChI is InChI=1S/C23H29FN2O4/c1-17(27)25-11-4-12-29-20-9-7-18(8-10-20)14-26-15-22(23(2,28)16-26)30-21-6-3-5-19(24)13-21/h3,5-10,13,22,28H,4,11-12,14-16H2,1-2H3,(H,25,27)/t22-,23-/m1/s1. The molecule has 2 aromatic carbocycles. The Hall–Kier alpha value is -2.64. The van der Waals surface area contributed by atoms with E-state index in [-0.39, 0.29) is 11.7 Å². The molecule has 1 aliphatic heterocycles. The van der Waals surface area contributed by atoms with Gasteiger partial charge in [-0.1, -0.05) is 18.2 Å². The van der Waals surface area contributed by atoms with Gasteiger partial charge >= 0.3 is 0 Å². The molecule has 0 aliphatic carbocycles. The number of benzene rings is 2. The number of likely N-dealkylation sites (tertiary alicyclic amines) is 1. The van der Waals surface area contributed by atoms with Crippen molar-refractivity contribution in [2.75, 3.05) is 26.2 Å². The van der Waals surface area contributed by atoms with Crippen molar-refractivity contribution < 1.29 is 23.8 Å². The summed E-state index contributed by atoms with van der Waals surface area (Å²) in [4.78, 5) is 12.9. The van der Waals surface area contributed by atoms with Gasteiger partial charge in [0.25, 0.3) is 0 Å². The Morgan fingerprint density at radius 2 is 2.03 bits per heavy atom. The first-order valence-corrected chi connectivity index (χ1v) is 10.1. The van der Waals surface area contributed by atoms with Gasteiger partial charge in [0.1, 0.15) is 29.0 Å². The van der Waals surface area contributed by atoms with E-state index >= 15 is 0 Å². The topological polar surface area (TPSA) is 71.0 Å². The summed E-state index contributed by atoms with van der Waals surface area (Å²) in [6.45, 7) is 6.06. The summed E-state index contributed by atoms with van der Waals surface area (Å²) in [6, 6.07) is 13.8. The molecule has 1 heterocycles. The largest absolute Gasteiger partial charge is 0.494 e. The maximum Gasteiger partial charge on any atom is 0.216 e. The number of nitrogens with one attached hydrogen (secondary N) is 1. The Balaban J connectivity index is 1.48. The van der Waals surface area contributed by atoms with Crippen molar-refractivity contribution in [1.82, 2.24) is 10.2 Å². The van der Waals surface area contributed by atoms with Gasteiger partial charge in [0.05, 0.1) is 6.61 Å². The van der Waals surface area contributed by atoms with Gasteiger partial charge < -0.3 is 19.9 Å². The Morgan fingerprint density at radius 3 is 2.73 bits per heavy atom. The number of carbonyl (C=O) groups excluding carboxylic acids is 1. The number of hydrogen-bond acceptors (Lipinski definition) is 5. The van der Waals surface area contributed by atoms with Crippen molar-refractivity contribution in [3.63, 3.8) is 0 Å². The summed E-state index contributed by atoms with van der Waals surface area (Å²) in [5, 5.41) is 13.5. The average molecular weight is 416 g/mol. The number of hydrogen-bond donors (Lipinski definition) is 2. The van der Waals surface area contributed by atoms with Crippen LogP contribution in [0.1, 0.15) is 25.8 Å². The molecule has 0 unspecified atom stereocenters. The predicted molar refractivity (Wildman–Crippen MR) is 112 cm³/mol. The number of rotatable bonds is 9. The van der Waals surface area contributed by atoms with E-state index < -0.39 is 11.7 Å². The van der Waals surface area contributed by atoms with Gasteiger partial charge in [0, 0.05) is 39.2 Å². The van der Waals surface area contributed by atoms with Gasteiger partial charge in [0.15, 0.2) is 0 Å². The highest BCUT2D eigenvalue weighted by Gasteiger charge is 2.43. The maximum atomic E-state index is 13.4. The fourth-order valence-corrected chi connectivity index (χ4v) is 3.52. The summed E-state index contributed by atoms with van der Waals surface area (Å²) < 4.78 is 24.9. The lowest BCUT2D eigenvalue weighted by Crippen LogP contribution is -2.41. The highest BCUT2D eigenvalue weighted by atomic mass is 19.1. The highest BCUT2D eigenvalue weighted by Crippen LogP contribution is 2.28. The number of nitrogens with zero attached hydrogens (tertiary/aromatic N) is 1. The predicted octanol–water partition coefficient (Wildman–Crippen LogP) is 2.74. The van der Waals surface area contributed by atoms with Crippen LogP contribution in [0.15, 0.2) is 48.5 Å². The number of halogens is 1. The molecule has 0 bridgehead atoms. The average Bonchev–Trinajstić information content (AvgIpc) is 2.95. The van der Waals surface area contributed by atoms with Gasteiger partial charge in [-0.25, -0.2) is 4.39 Å². The highest BCUT2D eigenvalue weighted by molar-refractivity contribution is 5.72. The molecule has 6 nitrogen and oxygen atoms in total. The molecule has 1 fully saturated rings.